The minimum Gasteiger partial charge on any atom is -0.381 e. The fourth-order valence-electron chi connectivity index (χ4n) is 5.04. The van der Waals surface area contributed by atoms with Crippen LogP contribution in [0.2, 0.25) is 0 Å². The maximum atomic E-state index is 13.3. The number of rotatable bonds is 4. The van der Waals surface area contributed by atoms with Gasteiger partial charge in [-0.2, -0.15) is 0 Å². The topological polar surface area (TPSA) is 89.3 Å². The summed E-state index contributed by atoms with van der Waals surface area (Å²) in [6.07, 6.45) is 1.84. The van der Waals surface area contributed by atoms with Crippen molar-refractivity contribution in [3.8, 4) is 11.4 Å². The monoisotopic (exact) mass is 478 g/mol. The molecule has 0 aliphatic carbocycles. The molecular weight excluding hydrogens is 448 g/mol. The summed E-state index contributed by atoms with van der Waals surface area (Å²) in [6, 6.07) is 6.61. The lowest BCUT2D eigenvalue weighted by atomic mass is 10.0. The summed E-state index contributed by atoms with van der Waals surface area (Å²) in [5.74, 6) is 0.605. The number of thiophene rings is 1. The molecule has 2 saturated heterocycles. The molecular formula is C25H30N6O2S. The van der Waals surface area contributed by atoms with Gasteiger partial charge in [0.05, 0.1) is 16.7 Å². The molecule has 0 spiro atoms. The van der Waals surface area contributed by atoms with Crippen LogP contribution in [0.3, 0.4) is 0 Å². The molecule has 178 valence electrons. The van der Waals surface area contributed by atoms with Gasteiger partial charge in [0.2, 0.25) is 0 Å². The van der Waals surface area contributed by atoms with E-state index >= 15 is 0 Å². The van der Waals surface area contributed by atoms with Crippen LogP contribution in [0.15, 0.2) is 28.4 Å². The highest BCUT2D eigenvalue weighted by molar-refractivity contribution is 7.17. The average Bonchev–Trinajstić information content (AvgIpc) is 3.42. The first-order valence-corrected chi connectivity index (χ1v) is 12.9. The molecule has 0 bridgehead atoms. The second-order valence-electron chi connectivity index (χ2n) is 9.44. The van der Waals surface area contributed by atoms with Crippen LogP contribution in [0.25, 0.3) is 32.6 Å². The number of aromatic amines is 2. The van der Waals surface area contributed by atoms with E-state index in [1.165, 1.54) is 5.69 Å². The summed E-state index contributed by atoms with van der Waals surface area (Å²) in [5.41, 5.74) is 5.49. The molecule has 0 saturated carbocycles. The second-order valence-corrected chi connectivity index (χ2v) is 10.3. The number of nitrogens with one attached hydrogen (secondary N) is 3. The molecule has 2 fully saturated rings. The Morgan fingerprint density at radius 1 is 1.15 bits per heavy atom. The molecule has 0 radical (unpaired) electrons. The number of piperazine rings is 1. The molecule has 0 atom stereocenters. The summed E-state index contributed by atoms with van der Waals surface area (Å²) < 4.78 is 5.55. The van der Waals surface area contributed by atoms with Gasteiger partial charge in [-0.3, -0.25) is 4.79 Å². The highest BCUT2D eigenvalue weighted by atomic mass is 32.1. The second kappa shape index (κ2) is 8.72. The minimum atomic E-state index is -0.123. The zero-order valence-corrected chi connectivity index (χ0v) is 20.4. The van der Waals surface area contributed by atoms with E-state index in [9.17, 15) is 4.79 Å². The first-order valence-electron chi connectivity index (χ1n) is 12.0. The molecule has 8 nitrogen and oxygen atoms in total. The van der Waals surface area contributed by atoms with Gasteiger partial charge in [-0.25, -0.2) is 4.98 Å². The molecule has 3 aromatic heterocycles. The zero-order valence-electron chi connectivity index (χ0n) is 19.6. The minimum absolute atomic E-state index is 0.123. The molecule has 9 heteroatoms. The smallest absolute Gasteiger partial charge is 0.262 e. The van der Waals surface area contributed by atoms with E-state index in [-0.39, 0.29) is 11.6 Å². The van der Waals surface area contributed by atoms with Crippen molar-refractivity contribution in [1.82, 2.24) is 19.9 Å². The highest BCUT2D eigenvalue weighted by Gasteiger charge is 2.24. The summed E-state index contributed by atoms with van der Waals surface area (Å²) in [7, 11) is 2.16. The number of aryl methyl sites for hydroxylation is 1. The number of fused-ring (bicyclic) bond motifs is 2. The molecule has 0 amide bonds. The van der Waals surface area contributed by atoms with Crippen molar-refractivity contribution in [3.05, 3.63) is 39.5 Å². The first kappa shape index (κ1) is 21.6. The van der Waals surface area contributed by atoms with Gasteiger partial charge in [0.25, 0.3) is 5.56 Å². The van der Waals surface area contributed by atoms with Crippen LogP contribution >= 0.6 is 11.3 Å². The van der Waals surface area contributed by atoms with E-state index in [1.807, 2.05) is 0 Å². The number of ether oxygens (including phenoxy) is 1. The van der Waals surface area contributed by atoms with E-state index in [1.54, 1.807) is 11.3 Å². The van der Waals surface area contributed by atoms with Gasteiger partial charge < -0.3 is 29.8 Å². The predicted octanol–water partition coefficient (Wildman–Crippen LogP) is 3.78. The average molecular weight is 479 g/mol. The fourth-order valence-corrected chi connectivity index (χ4v) is 5.99. The van der Waals surface area contributed by atoms with Crippen molar-refractivity contribution >= 4 is 44.0 Å². The lowest BCUT2D eigenvalue weighted by Crippen LogP contribution is -2.44. The largest absolute Gasteiger partial charge is 0.381 e. The number of nitrogens with zero attached hydrogens (tertiary/aromatic N) is 3. The molecule has 0 unspecified atom stereocenters. The van der Waals surface area contributed by atoms with Crippen LogP contribution in [0.5, 0.6) is 0 Å². The van der Waals surface area contributed by atoms with E-state index < -0.39 is 0 Å². The summed E-state index contributed by atoms with van der Waals surface area (Å²) in [6.45, 7) is 7.71. The quantitative estimate of drug-likeness (QED) is 0.414. The number of likely N-dealkylation sites (N-methyl/N-ethyl adjacent to an activating group) is 1. The van der Waals surface area contributed by atoms with Gasteiger partial charge in [-0.15, -0.1) is 11.3 Å². The number of hydrogen-bond donors (Lipinski definition) is 3. The number of H-pyrrole nitrogens is 2. The first-order chi connectivity index (χ1) is 16.6. The number of pyridine rings is 1. The lowest BCUT2D eigenvalue weighted by molar-refractivity contribution is 0.0905. The van der Waals surface area contributed by atoms with Crippen LogP contribution in [0.4, 0.5) is 11.4 Å². The Balaban J connectivity index is 1.44. The predicted molar refractivity (Wildman–Crippen MR) is 139 cm³/mol. The maximum absolute atomic E-state index is 13.3. The standard InChI is InChI=1S/C25H30N6O2S/c1-15-14-34-25-20(15)22(26-16-5-11-33-12-6-16)21(24(32)29-25)23-27-18-4-3-17(13-19(18)28-23)31-9-7-30(2)8-10-31/h3-4,13-14,16H,5-12H2,1-2H3,(H,27,28)(H2,26,29,32). The number of benzene rings is 1. The van der Waals surface area contributed by atoms with Gasteiger partial charge in [0.15, 0.2) is 0 Å². The van der Waals surface area contributed by atoms with E-state index in [0.29, 0.717) is 11.4 Å². The van der Waals surface area contributed by atoms with Gasteiger partial charge in [-0.1, -0.05) is 0 Å². The number of imidazole rings is 1. The third-order valence-corrected chi connectivity index (χ3v) is 8.08. The fraction of sp³-hybridized carbons (Fsp3) is 0.440. The highest BCUT2D eigenvalue weighted by Crippen LogP contribution is 2.37. The SMILES string of the molecule is Cc1csc2[nH]c(=O)c(-c3nc4ccc(N5CCN(C)CC5)cc4[nH]3)c(NC3CCOCC3)c12. The Morgan fingerprint density at radius 2 is 1.94 bits per heavy atom. The van der Waals surface area contributed by atoms with Crippen molar-refractivity contribution in [2.75, 3.05) is 56.7 Å². The molecule has 3 N–H and O–H groups in total. The van der Waals surface area contributed by atoms with Crippen molar-refractivity contribution in [3.63, 3.8) is 0 Å². The van der Waals surface area contributed by atoms with Gasteiger partial charge in [0.1, 0.15) is 16.2 Å². The van der Waals surface area contributed by atoms with Crippen molar-refractivity contribution in [2.24, 2.45) is 0 Å². The third kappa shape index (κ3) is 3.87. The lowest BCUT2D eigenvalue weighted by Gasteiger charge is -2.34. The normalized spacial score (nSPS) is 18.2. The van der Waals surface area contributed by atoms with E-state index in [2.05, 4.69) is 62.6 Å². The number of anilines is 2. The van der Waals surface area contributed by atoms with Crippen LogP contribution in [-0.2, 0) is 4.74 Å². The summed E-state index contributed by atoms with van der Waals surface area (Å²) >= 11 is 1.57. The van der Waals surface area contributed by atoms with Gasteiger partial charge in [-0.05, 0) is 56.0 Å². The van der Waals surface area contributed by atoms with Gasteiger partial charge >= 0.3 is 0 Å². The van der Waals surface area contributed by atoms with Gasteiger partial charge in [0, 0.05) is 56.5 Å². The summed E-state index contributed by atoms with van der Waals surface area (Å²) in [4.78, 5) is 30.4. The number of aromatic nitrogens is 3. The molecule has 2 aliphatic rings. The summed E-state index contributed by atoms with van der Waals surface area (Å²) in [5, 5.41) is 6.88. The van der Waals surface area contributed by atoms with E-state index in [4.69, 9.17) is 9.72 Å². The third-order valence-electron chi connectivity index (χ3n) is 7.07. The van der Waals surface area contributed by atoms with Crippen LogP contribution in [-0.4, -0.2) is 72.3 Å². The van der Waals surface area contributed by atoms with Crippen LogP contribution in [0, 0.1) is 6.92 Å². The Hall–Kier alpha value is -2.88. The van der Waals surface area contributed by atoms with Crippen LogP contribution < -0.4 is 15.8 Å². The Kier molecular flexibility index (Phi) is 5.55. The van der Waals surface area contributed by atoms with Crippen molar-refractivity contribution in [2.45, 2.75) is 25.8 Å². The van der Waals surface area contributed by atoms with Crippen LogP contribution in [0.1, 0.15) is 18.4 Å². The molecule has 34 heavy (non-hydrogen) atoms. The Morgan fingerprint density at radius 3 is 2.74 bits per heavy atom. The molecule has 4 aromatic rings. The molecule has 2 aliphatic heterocycles. The van der Waals surface area contributed by atoms with Crippen molar-refractivity contribution < 1.29 is 4.74 Å². The number of hydrogen-bond acceptors (Lipinski definition) is 7. The Bertz CT molecular complexity index is 1390. The van der Waals surface area contributed by atoms with Crippen molar-refractivity contribution in [1.29, 1.82) is 0 Å². The maximum Gasteiger partial charge on any atom is 0.262 e. The zero-order chi connectivity index (χ0) is 23.2. The molecule has 6 rings (SSSR count). The molecule has 1 aromatic carbocycles. The van der Waals surface area contributed by atoms with E-state index in [0.717, 1.165) is 84.7 Å². The Labute approximate surface area is 201 Å². The molecule has 5 heterocycles.